The topological polar surface area (TPSA) is 37.2 Å². The second-order valence-corrected chi connectivity index (χ2v) is 2.91. The van der Waals surface area contributed by atoms with Crippen LogP contribution in [0.4, 0.5) is 0 Å². The zero-order chi connectivity index (χ0) is 9.36. The molecule has 0 saturated carbocycles. The van der Waals surface area contributed by atoms with Gasteiger partial charge in [0.1, 0.15) is 0 Å². The van der Waals surface area contributed by atoms with Crippen LogP contribution in [0.5, 0.6) is 0 Å². The van der Waals surface area contributed by atoms with Gasteiger partial charge in [-0.05, 0) is 6.92 Å². The largest absolute Gasteiger partial charge is 0.379 e. The van der Waals surface area contributed by atoms with E-state index < -0.39 is 0 Å². The van der Waals surface area contributed by atoms with Crippen LogP contribution >= 0.6 is 12.4 Å². The number of nitrogens with zero attached hydrogens (tertiary/aromatic N) is 3. The maximum atomic E-state index is 5.24. The minimum atomic E-state index is 0. The van der Waals surface area contributed by atoms with E-state index in [1.54, 1.807) is 0 Å². The Hall–Kier alpha value is -0.410. The smallest absolute Gasteiger partial charge is 0.0892 e. The summed E-state index contributed by atoms with van der Waals surface area (Å²) in [5.74, 6) is 0. The highest BCUT2D eigenvalue weighted by Gasteiger charge is 2.08. The molecule has 1 heterocycles. The van der Waals surface area contributed by atoms with Gasteiger partial charge in [-0.25, -0.2) is 9.98 Å². The van der Waals surface area contributed by atoms with E-state index >= 15 is 0 Å². The molecule has 1 saturated heterocycles. The monoisotopic (exact) mass is 219 g/mol. The van der Waals surface area contributed by atoms with Crippen LogP contribution in [0.25, 0.3) is 0 Å². The lowest BCUT2D eigenvalue weighted by atomic mass is 10.4. The van der Waals surface area contributed by atoms with Crippen LogP contribution in [0.1, 0.15) is 6.92 Å². The Morgan fingerprint density at radius 2 is 2.00 bits per heavy atom. The highest BCUT2D eigenvalue weighted by molar-refractivity contribution is 5.85. The molecular weight excluding hydrogens is 202 g/mol. The van der Waals surface area contributed by atoms with E-state index in [9.17, 15) is 0 Å². The molecule has 1 aliphatic rings. The molecule has 0 spiro atoms. The summed E-state index contributed by atoms with van der Waals surface area (Å²) in [4.78, 5) is 10.3. The minimum absolute atomic E-state index is 0. The van der Waals surface area contributed by atoms with Crippen LogP contribution in [-0.4, -0.2) is 56.8 Å². The first-order valence-corrected chi connectivity index (χ1v) is 4.81. The summed E-state index contributed by atoms with van der Waals surface area (Å²) in [5, 5.41) is 0. The molecule has 4 nitrogen and oxygen atoms in total. The fraction of sp³-hybridized carbons (Fsp3) is 0.889. The van der Waals surface area contributed by atoms with Crippen molar-refractivity contribution >= 4 is 18.4 Å². The summed E-state index contributed by atoms with van der Waals surface area (Å²) in [6.45, 7) is 8.30. The maximum Gasteiger partial charge on any atom is 0.0892 e. The first kappa shape index (κ1) is 13.6. The van der Waals surface area contributed by atoms with Crippen molar-refractivity contribution in [1.82, 2.24) is 4.90 Å². The van der Waals surface area contributed by atoms with Crippen molar-refractivity contribution in [3.8, 4) is 0 Å². The van der Waals surface area contributed by atoms with Gasteiger partial charge in [0, 0.05) is 26.2 Å². The zero-order valence-corrected chi connectivity index (χ0v) is 9.42. The van der Waals surface area contributed by atoms with Gasteiger partial charge >= 0.3 is 0 Å². The van der Waals surface area contributed by atoms with Gasteiger partial charge in [0.25, 0.3) is 0 Å². The van der Waals surface area contributed by atoms with Gasteiger partial charge in [-0.1, -0.05) is 0 Å². The minimum Gasteiger partial charge on any atom is -0.379 e. The summed E-state index contributed by atoms with van der Waals surface area (Å²) in [5.41, 5.74) is 0. The Morgan fingerprint density at radius 3 is 2.64 bits per heavy atom. The summed E-state index contributed by atoms with van der Waals surface area (Å²) in [6.07, 6.45) is 0. The van der Waals surface area contributed by atoms with E-state index in [0.29, 0.717) is 0 Å². The lowest BCUT2D eigenvalue weighted by molar-refractivity contribution is 0.0395. The number of morpholine rings is 1. The van der Waals surface area contributed by atoms with Gasteiger partial charge in [-0.2, -0.15) is 0 Å². The number of ether oxygens (including phenoxy) is 1. The Morgan fingerprint density at radius 1 is 1.29 bits per heavy atom. The average molecular weight is 220 g/mol. The Kier molecular flexibility index (Phi) is 8.89. The van der Waals surface area contributed by atoms with Crippen molar-refractivity contribution in [2.75, 3.05) is 45.9 Å². The number of aliphatic imine (C=N–C) groups is 2. The highest BCUT2D eigenvalue weighted by atomic mass is 35.5. The zero-order valence-electron chi connectivity index (χ0n) is 8.61. The van der Waals surface area contributed by atoms with Gasteiger partial charge in [0.2, 0.25) is 0 Å². The summed E-state index contributed by atoms with van der Waals surface area (Å²) in [7, 11) is 0. The molecule has 0 N–H and O–H groups in total. The Bertz CT molecular complexity index is 186. The first-order chi connectivity index (χ1) is 6.43. The molecule has 0 aromatic carbocycles. The van der Waals surface area contributed by atoms with Crippen LogP contribution in [-0.2, 0) is 4.74 Å². The molecule has 82 valence electrons. The standard InChI is InChI=1S/C9H17N3O.ClH/c1-2-10-9-11-3-4-12-5-7-13-8-6-12;/h2-8H2,1H3;1H. The Balaban J connectivity index is 0.00000169. The van der Waals surface area contributed by atoms with E-state index in [1.807, 2.05) is 6.92 Å². The molecule has 0 unspecified atom stereocenters. The van der Waals surface area contributed by atoms with Gasteiger partial charge in [-0.3, -0.25) is 4.90 Å². The predicted molar refractivity (Wildman–Crippen MR) is 59.8 cm³/mol. The van der Waals surface area contributed by atoms with Crippen molar-refractivity contribution in [1.29, 1.82) is 0 Å². The van der Waals surface area contributed by atoms with Gasteiger partial charge in [0.15, 0.2) is 0 Å². The maximum absolute atomic E-state index is 5.24. The van der Waals surface area contributed by atoms with Crippen molar-refractivity contribution in [2.24, 2.45) is 9.98 Å². The highest BCUT2D eigenvalue weighted by Crippen LogP contribution is 1.95. The average Bonchev–Trinajstić information content (AvgIpc) is 2.19. The van der Waals surface area contributed by atoms with Crippen LogP contribution in [0.2, 0.25) is 0 Å². The summed E-state index contributed by atoms with van der Waals surface area (Å²) < 4.78 is 5.24. The SMILES string of the molecule is CCN=C=NCCN1CCOCC1.Cl. The third kappa shape index (κ3) is 6.11. The van der Waals surface area contributed by atoms with E-state index in [1.165, 1.54) is 0 Å². The molecule has 5 heteroatoms. The third-order valence-electron chi connectivity index (χ3n) is 1.93. The van der Waals surface area contributed by atoms with Crippen LogP contribution in [0, 0.1) is 0 Å². The van der Waals surface area contributed by atoms with Crippen molar-refractivity contribution in [3.63, 3.8) is 0 Å². The van der Waals surface area contributed by atoms with Crippen molar-refractivity contribution < 1.29 is 4.74 Å². The first-order valence-electron chi connectivity index (χ1n) is 4.81. The molecule has 0 amide bonds. The summed E-state index contributed by atoms with van der Waals surface area (Å²) in [6, 6.07) is 2.67. The molecule has 14 heavy (non-hydrogen) atoms. The second kappa shape index (κ2) is 9.16. The van der Waals surface area contributed by atoms with Crippen LogP contribution < -0.4 is 0 Å². The normalized spacial score (nSPS) is 16.6. The molecular formula is C9H18ClN3O. The van der Waals surface area contributed by atoms with Crippen molar-refractivity contribution in [2.45, 2.75) is 6.92 Å². The van der Waals surface area contributed by atoms with E-state index in [-0.39, 0.29) is 12.4 Å². The molecule has 0 aliphatic carbocycles. The lowest BCUT2D eigenvalue weighted by Gasteiger charge is -2.25. The number of rotatable bonds is 4. The van der Waals surface area contributed by atoms with E-state index in [0.717, 1.165) is 45.9 Å². The van der Waals surface area contributed by atoms with Crippen molar-refractivity contribution in [3.05, 3.63) is 0 Å². The van der Waals surface area contributed by atoms with Crippen LogP contribution in [0.15, 0.2) is 9.98 Å². The molecule has 0 radical (unpaired) electrons. The molecule has 1 fully saturated rings. The Labute approximate surface area is 91.5 Å². The summed E-state index contributed by atoms with van der Waals surface area (Å²) >= 11 is 0. The fourth-order valence-corrected chi connectivity index (χ4v) is 1.19. The number of hydrogen-bond acceptors (Lipinski definition) is 4. The van der Waals surface area contributed by atoms with Crippen LogP contribution in [0.3, 0.4) is 0 Å². The molecule has 0 atom stereocenters. The molecule has 0 bridgehead atoms. The van der Waals surface area contributed by atoms with Gasteiger partial charge in [0.05, 0.1) is 25.8 Å². The number of halogens is 1. The molecule has 1 rings (SSSR count). The molecule has 0 aromatic heterocycles. The van der Waals surface area contributed by atoms with E-state index in [2.05, 4.69) is 20.9 Å². The number of hydrogen-bond donors (Lipinski definition) is 0. The third-order valence-corrected chi connectivity index (χ3v) is 1.93. The second-order valence-electron chi connectivity index (χ2n) is 2.91. The van der Waals surface area contributed by atoms with E-state index in [4.69, 9.17) is 4.74 Å². The quantitative estimate of drug-likeness (QED) is 0.660. The van der Waals surface area contributed by atoms with Gasteiger partial charge < -0.3 is 4.74 Å². The predicted octanol–water partition coefficient (Wildman–Crippen LogP) is 0.934. The molecule has 1 aliphatic heterocycles. The van der Waals surface area contributed by atoms with Gasteiger partial charge in [-0.15, -0.1) is 12.4 Å². The molecule has 0 aromatic rings. The fourth-order valence-electron chi connectivity index (χ4n) is 1.19. The lowest BCUT2D eigenvalue weighted by Crippen LogP contribution is -2.37.